The van der Waals surface area contributed by atoms with Crippen molar-refractivity contribution in [1.29, 1.82) is 0 Å². The van der Waals surface area contributed by atoms with Crippen molar-refractivity contribution in [1.82, 2.24) is 9.62 Å². The highest BCUT2D eigenvalue weighted by Gasteiger charge is 2.27. The number of sulfonamides is 1. The molecule has 0 aromatic heterocycles. The molecule has 1 heterocycles. The Hall–Kier alpha value is -2.71. The van der Waals surface area contributed by atoms with Crippen molar-refractivity contribution in [3.63, 3.8) is 0 Å². The highest BCUT2D eigenvalue weighted by atomic mass is 32.2. The number of nitrogens with one attached hydrogen (secondary N) is 2. The average molecular weight is 444 g/mol. The molecule has 0 atom stereocenters. The number of nitrogens with zero attached hydrogens (tertiary/aromatic N) is 1. The molecule has 1 saturated heterocycles. The number of anilines is 1. The number of carbonyl (C=O) groups excluding carboxylic acids is 2. The van der Waals surface area contributed by atoms with Crippen LogP contribution in [0.15, 0.2) is 53.4 Å². The summed E-state index contributed by atoms with van der Waals surface area (Å²) in [5, 5.41) is 5.72. The minimum atomic E-state index is -3.59. The van der Waals surface area contributed by atoms with Gasteiger partial charge < -0.3 is 10.6 Å². The summed E-state index contributed by atoms with van der Waals surface area (Å²) < 4.78 is 26.9. The van der Waals surface area contributed by atoms with Crippen molar-refractivity contribution in [2.75, 3.05) is 18.4 Å². The topological polar surface area (TPSA) is 95.6 Å². The van der Waals surface area contributed by atoms with Gasteiger partial charge in [0.05, 0.1) is 4.90 Å². The van der Waals surface area contributed by atoms with E-state index in [1.807, 2.05) is 20.8 Å². The van der Waals surface area contributed by atoms with Gasteiger partial charge in [-0.2, -0.15) is 4.31 Å². The van der Waals surface area contributed by atoms with Crippen molar-refractivity contribution in [2.24, 2.45) is 0 Å². The van der Waals surface area contributed by atoms with Gasteiger partial charge in [0.25, 0.3) is 11.8 Å². The van der Waals surface area contributed by atoms with Gasteiger partial charge >= 0.3 is 0 Å². The first-order chi connectivity index (χ1) is 14.6. The van der Waals surface area contributed by atoms with Crippen LogP contribution in [0.1, 0.15) is 60.7 Å². The van der Waals surface area contributed by atoms with Gasteiger partial charge in [-0.25, -0.2) is 8.42 Å². The monoisotopic (exact) mass is 443 g/mol. The number of hydrogen-bond donors (Lipinski definition) is 2. The third-order valence-corrected chi connectivity index (χ3v) is 7.43. The molecule has 0 saturated carbocycles. The fourth-order valence-corrected chi connectivity index (χ4v) is 4.81. The molecule has 7 nitrogen and oxygen atoms in total. The van der Waals surface area contributed by atoms with Crippen LogP contribution in [-0.2, 0) is 10.0 Å². The fourth-order valence-electron chi connectivity index (χ4n) is 3.25. The third-order valence-electron chi connectivity index (χ3n) is 5.54. The highest BCUT2D eigenvalue weighted by molar-refractivity contribution is 7.89. The minimum Gasteiger partial charge on any atom is -0.347 e. The van der Waals surface area contributed by atoms with Crippen molar-refractivity contribution in [2.45, 2.75) is 50.5 Å². The van der Waals surface area contributed by atoms with Crippen LogP contribution in [0.3, 0.4) is 0 Å². The smallest absolute Gasteiger partial charge is 0.255 e. The van der Waals surface area contributed by atoms with Crippen LogP contribution in [-0.4, -0.2) is 43.2 Å². The predicted octanol–water partition coefficient (Wildman–Crippen LogP) is 3.64. The molecule has 0 unspecified atom stereocenters. The van der Waals surface area contributed by atoms with E-state index in [1.165, 1.54) is 16.4 Å². The van der Waals surface area contributed by atoms with Gasteiger partial charge in [0.1, 0.15) is 0 Å². The van der Waals surface area contributed by atoms with E-state index < -0.39 is 15.9 Å². The van der Waals surface area contributed by atoms with E-state index in [9.17, 15) is 18.0 Å². The maximum absolute atomic E-state index is 12.7. The van der Waals surface area contributed by atoms with Crippen molar-refractivity contribution in [3.05, 3.63) is 59.7 Å². The molecule has 2 amide bonds. The molecule has 0 radical (unpaired) electrons. The van der Waals surface area contributed by atoms with Crippen LogP contribution in [0.2, 0.25) is 0 Å². The van der Waals surface area contributed by atoms with E-state index in [2.05, 4.69) is 10.6 Å². The Bertz CT molecular complexity index is 1060. The van der Waals surface area contributed by atoms with Crippen molar-refractivity contribution < 1.29 is 18.0 Å². The number of benzene rings is 2. The normalized spacial score (nSPS) is 14.9. The third kappa shape index (κ3) is 5.51. The molecule has 0 bridgehead atoms. The predicted molar refractivity (Wildman–Crippen MR) is 121 cm³/mol. The molecular weight excluding hydrogens is 414 g/mol. The fraction of sp³-hybridized carbons (Fsp3) is 0.391. The Balaban J connectivity index is 1.70. The molecule has 1 fully saturated rings. The van der Waals surface area contributed by atoms with Gasteiger partial charge in [0.2, 0.25) is 10.0 Å². The maximum atomic E-state index is 12.7. The van der Waals surface area contributed by atoms with Crippen LogP contribution >= 0.6 is 0 Å². The zero-order chi connectivity index (χ0) is 22.6. The lowest BCUT2D eigenvalue weighted by Crippen LogP contribution is -2.42. The average Bonchev–Trinajstić information content (AvgIpc) is 3.30. The summed E-state index contributed by atoms with van der Waals surface area (Å²) >= 11 is 0. The van der Waals surface area contributed by atoms with E-state index in [1.54, 1.807) is 36.4 Å². The van der Waals surface area contributed by atoms with Gasteiger partial charge in [-0.3, -0.25) is 9.59 Å². The van der Waals surface area contributed by atoms with E-state index >= 15 is 0 Å². The summed E-state index contributed by atoms with van der Waals surface area (Å²) in [5.74, 6) is -0.590. The molecule has 1 aliphatic heterocycles. The van der Waals surface area contributed by atoms with Crippen LogP contribution in [0, 0.1) is 0 Å². The number of carbonyl (C=O) groups is 2. The molecule has 0 spiro atoms. The van der Waals surface area contributed by atoms with Gasteiger partial charge in [0, 0.05) is 35.4 Å². The van der Waals surface area contributed by atoms with Gasteiger partial charge in [-0.15, -0.1) is 0 Å². The number of amides is 2. The molecule has 1 aliphatic rings. The SMILES string of the molecule is CCC(C)(C)NC(=O)c1ccc(NC(=O)c2cccc(S(=O)(=O)N3CCCC3)c2)cc1. The summed E-state index contributed by atoms with van der Waals surface area (Å²) in [6.45, 7) is 6.93. The molecule has 2 aromatic carbocycles. The van der Waals surface area contributed by atoms with E-state index in [-0.39, 0.29) is 21.9 Å². The quantitative estimate of drug-likeness (QED) is 0.683. The molecule has 2 aromatic rings. The van der Waals surface area contributed by atoms with Crippen LogP contribution in [0.25, 0.3) is 0 Å². The van der Waals surface area contributed by atoms with Crippen LogP contribution in [0.5, 0.6) is 0 Å². The van der Waals surface area contributed by atoms with Crippen LogP contribution < -0.4 is 10.6 Å². The zero-order valence-corrected chi connectivity index (χ0v) is 19.0. The van der Waals surface area contributed by atoms with Gasteiger partial charge in [-0.05, 0) is 75.6 Å². The zero-order valence-electron chi connectivity index (χ0n) is 18.1. The standard InChI is InChI=1S/C23H29N3O4S/c1-4-23(2,3)25-22(28)17-10-12-19(13-11-17)24-21(27)18-8-7-9-20(16-18)31(29,30)26-14-5-6-15-26/h7-13,16H,4-6,14-15H2,1-3H3,(H,24,27)(H,25,28). The highest BCUT2D eigenvalue weighted by Crippen LogP contribution is 2.22. The lowest BCUT2D eigenvalue weighted by molar-refractivity contribution is 0.0910. The first-order valence-corrected chi connectivity index (χ1v) is 11.9. The minimum absolute atomic E-state index is 0.118. The molecule has 8 heteroatoms. The summed E-state index contributed by atoms with van der Waals surface area (Å²) in [6.07, 6.45) is 2.51. The lowest BCUT2D eigenvalue weighted by Gasteiger charge is -2.24. The largest absolute Gasteiger partial charge is 0.347 e. The molecule has 3 rings (SSSR count). The van der Waals surface area contributed by atoms with E-state index in [0.717, 1.165) is 19.3 Å². The summed E-state index contributed by atoms with van der Waals surface area (Å²) in [6, 6.07) is 12.6. The molecule has 166 valence electrons. The molecule has 0 aliphatic carbocycles. The second-order valence-electron chi connectivity index (χ2n) is 8.36. The Morgan fingerprint density at radius 1 is 0.968 bits per heavy atom. The van der Waals surface area contributed by atoms with Crippen molar-refractivity contribution in [3.8, 4) is 0 Å². The number of rotatable bonds is 7. The first kappa shape index (κ1) is 23.0. The second kappa shape index (κ2) is 9.20. The summed E-state index contributed by atoms with van der Waals surface area (Å²) in [4.78, 5) is 25.1. The Kier molecular flexibility index (Phi) is 6.81. The van der Waals surface area contributed by atoms with E-state index in [4.69, 9.17) is 0 Å². The Morgan fingerprint density at radius 2 is 1.61 bits per heavy atom. The lowest BCUT2D eigenvalue weighted by atomic mass is 10.0. The van der Waals surface area contributed by atoms with E-state index in [0.29, 0.717) is 24.3 Å². The number of hydrogen-bond acceptors (Lipinski definition) is 4. The Morgan fingerprint density at radius 3 is 2.23 bits per heavy atom. The summed E-state index contributed by atoms with van der Waals surface area (Å²) in [7, 11) is -3.59. The molecule has 2 N–H and O–H groups in total. The maximum Gasteiger partial charge on any atom is 0.255 e. The van der Waals surface area contributed by atoms with Crippen LogP contribution in [0.4, 0.5) is 5.69 Å². The first-order valence-electron chi connectivity index (χ1n) is 10.5. The van der Waals surface area contributed by atoms with Gasteiger partial charge in [0.15, 0.2) is 0 Å². The second-order valence-corrected chi connectivity index (χ2v) is 10.3. The van der Waals surface area contributed by atoms with Crippen molar-refractivity contribution >= 4 is 27.5 Å². The molecular formula is C23H29N3O4S. The Labute approximate surface area is 183 Å². The van der Waals surface area contributed by atoms with Gasteiger partial charge in [-0.1, -0.05) is 13.0 Å². The summed E-state index contributed by atoms with van der Waals surface area (Å²) in [5.41, 5.74) is 0.971. The molecule has 31 heavy (non-hydrogen) atoms.